The summed E-state index contributed by atoms with van der Waals surface area (Å²) in [6.45, 7) is 7.62. The third-order valence-electron chi connectivity index (χ3n) is 1.99. The van der Waals surface area contributed by atoms with Gasteiger partial charge in [0.25, 0.3) is 0 Å². The topological polar surface area (TPSA) is 66.6 Å². The van der Waals surface area contributed by atoms with E-state index in [2.05, 4.69) is 6.58 Å². The Morgan fingerprint density at radius 1 is 1.64 bits per heavy atom. The van der Waals surface area contributed by atoms with E-state index in [4.69, 9.17) is 10.8 Å². The number of nitrogens with zero attached hydrogens (tertiary/aromatic N) is 1. The van der Waals surface area contributed by atoms with Crippen LogP contribution in [0.15, 0.2) is 12.7 Å². The molecule has 0 aliphatic rings. The molecule has 82 valence electrons. The van der Waals surface area contributed by atoms with Crippen molar-refractivity contribution < 1.29 is 9.90 Å². The molecule has 0 rings (SSSR count). The Bertz CT molecular complexity index is 193. The van der Waals surface area contributed by atoms with E-state index in [-0.39, 0.29) is 18.6 Å². The van der Waals surface area contributed by atoms with Crippen molar-refractivity contribution >= 4 is 5.91 Å². The maximum atomic E-state index is 11.7. The van der Waals surface area contributed by atoms with Crippen molar-refractivity contribution in [2.75, 3.05) is 13.2 Å². The number of hydrogen-bond acceptors (Lipinski definition) is 3. The summed E-state index contributed by atoms with van der Waals surface area (Å²) >= 11 is 0. The first kappa shape index (κ1) is 13.1. The molecule has 0 saturated carbocycles. The van der Waals surface area contributed by atoms with E-state index in [0.717, 1.165) is 0 Å². The Hall–Kier alpha value is -0.870. The molecule has 0 aliphatic carbocycles. The van der Waals surface area contributed by atoms with Crippen molar-refractivity contribution in [1.82, 2.24) is 4.90 Å². The quantitative estimate of drug-likeness (QED) is 0.598. The molecule has 3 N–H and O–H groups in total. The van der Waals surface area contributed by atoms with E-state index in [1.807, 2.05) is 13.8 Å². The minimum atomic E-state index is -0.540. The van der Waals surface area contributed by atoms with Crippen LogP contribution in [-0.2, 0) is 4.79 Å². The Kier molecular flexibility index (Phi) is 6.16. The van der Waals surface area contributed by atoms with Gasteiger partial charge in [-0.3, -0.25) is 4.79 Å². The highest BCUT2D eigenvalue weighted by Crippen LogP contribution is 2.03. The second kappa shape index (κ2) is 6.56. The van der Waals surface area contributed by atoms with Crippen molar-refractivity contribution in [3.05, 3.63) is 12.7 Å². The molecule has 0 aromatic rings. The van der Waals surface area contributed by atoms with Crippen molar-refractivity contribution in [2.24, 2.45) is 5.73 Å². The fourth-order valence-electron chi connectivity index (χ4n) is 1.22. The molecule has 4 heteroatoms. The monoisotopic (exact) mass is 200 g/mol. The number of nitrogens with two attached hydrogens (primary N) is 1. The van der Waals surface area contributed by atoms with Crippen LogP contribution in [-0.4, -0.2) is 41.1 Å². The lowest BCUT2D eigenvalue weighted by atomic mass is 10.1. The highest BCUT2D eigenvalue weighted by atomic mass is 16.3. The van der Waals surface area contributed by atoms with E-state index in [1.165, 1.54) is 0 Å². The summed E-state index contributed by atoms with van der Waals surface area (Å²) in [6.07, 6.45) is 2.09. The third-order valence-corrected chi connectivity index (χ3v) is 1.99. The molecule has 0 aliphatic heterocycles. The fourth-order valence-corrected chi connectivity index (χ4v) is 1.22. The molecular weight excluding hydrogens is 180 g/mol. The summed E-state index contributed by atoms with van der Waals surface area (Å²) in [6, 6.07) is -0.480. The average molecular weight is 200 g/mol. The predicted molar refractivity (Wildman–Crippen MR) is 56.7 cm³/mol. The molecule has 0 spiro atoms. The van der Waals surface area contributed by atoms with Gasteiger partial charge in [-0.2, -0.15) is 0 Å². The van der Waals surface area contributed by atoms with Crippen LogP contribution in [0.5, 0.6) is 0 Å². The maximum absolute atomic E-state index is 11.7. The number of rotatable bonds is 6. The second-order valence-corrected chi connectivity index (χ2v) is 3.48. The van der Waals surface area contributed by atoms with Crippen molar-refractivity contribution in [3.63, 3.8) is 0 Å². The molecule has 0 bridgehead atoms. The normalized spacial score (nSPS) is 12.6. The van der Waals surface area contributed by atoms with Crippen LogP contribution in [0.3, 0.4) is 0 Å². The summed E-state index contributed by atoms with van der Waals surface area (Å²) in [5, 5.41) is 8.79. The summed E-state index contributed by atoms with van der Waals surface area (Å²) in [7, 11) is 0. The molecule has 1 unspecified atom stereocenters. The Balaban J connectivity index is 4.34. The number of carbonyl (C=O) groups is 1. The summed E-state index contributed by atoms with van der Waals surface area (Å²) in [5.41, 5.74) is 5.65. The lowest BCUT2D eigenvalue weighted by Crippen LogP contribution is -2.47. The molecule has 0 heterocycles. The summed E-state index contributed by atoms with van der Waals surface area (Å²) < 4.78 is 0. The van der Waals surface area contributed by atoms with Gasteiger partial charge in [0, 0.05) is 12.6 Å². The van der Waals surface area contributed by atoms with E-state index in [1.54, 1.807) is 11.0 Å². The lowest BCUT2D eigenvalue weighted by Gasteiger charge is -2.28. The van der Waals surface area contributed by atoms with Gasteiger partial charge in [0.15, 0.2) is 0 Å². The predicted octanol–water partition coefficient (Wildman–Crippen LogP) is 0.119. The van der Waals surface area contributed by atoms with E-state index in [0.29, 0.717) is 13.0 Å². The molecular formula is C10H20N2O2. The van der Waals surface area contributed by atoms with Gasteiger partial charge >= 0.3 is 0 Å². The average Bonchev–Trinajstić information content (AvgIpc) is 2.13. The largest absolute Gasteiger partial charge is 0.395 e. The summed E-state index contributed by atoms with van der Waals surface area (Å²) in [5.74, 6) is -0.131. The van der Waals surface area contributed by atoms with Crippen LogP contribution >= 0.6 is 0 Å². The van der Waals surface area contributed by atoms with Gasteiger partial charge in [-0.1, -0.05) is 6.08 Å². The molecule has 1 amide bonds. The molecule has 14 heavy (non-hydrogen) atoms. The Morgan fingerprint density at radius 3 is 2.57 bits per heavy atom. The summed E-state index contributed by atoms with van der Waals surface area (Å²) in [4.78, 5) is 13.3. The van der Waals surface area contributed by atoms with Gasteiger partial charge < -0.3 is 15.7 Å². The number of hydrogen-bond donors (Lipinski definition) is 2. The smallest absolute Gasteiger partial charge is 0.240 e. The SMILES string of the molecule is C=CCC(N)C(=O)N(CCO)C(C)C. The number of aliphatic hydroxyl groups excluding tert-OH is 1. The molecule has 0 saturated heterocycles. The first-order chi connectivity index (χ1) is 6.54. The Morgan fingerprint density at radius 2 is 2.21 bits per heavy atom. The van der Waals surface area contributed by atoms with Gasteiger partial charge in [-0.15, -0.1) is 6.58 Å². The Labute approximate surface area is 85.4 Å². The van der Waals surface area contributed by atoms with Crippen LogP contribution in [0, 0.1) is 0 Å². The minimum absolute atomic E-state index is 0.0370. The third kappa shape index (κ3) is 3.89. The fraction of sp³-hybridized carbons (Fsp3) is 0.700. The zero-order valence-corrected chi connectivity index (χ0v) is 8.94. The molecule has 4 nitrogen and oxygen atoms in total. The van der Waals surface area contributed by atoms with Crippen LogP contribution in [0.1, 0.15) is 20.3 Å². The van der Waals surface area contributed by atoms with Crippen molar-refractivity contribution in [2.45, 2.75) is 32.4 Å². The lowest BCUT2D eigenvalue weighted by molar-refractivity contribution is -0.134. The zero-order chi connectivity index (χ0) is 11.1. The van der Waals surface area contributed by atoms with Crippen LogP contribution < -0.4 is 5.73 Å². The standard InChI is InChI=1S/C10H20N2O2/c1-4-5-9(11)10(14)12(6-7-13)8(2)3/h4,8-9,13H,1,5-7,11H2,2-3H3. The van der Waals surface area contributed by atoms with Gasteiger partial charge in [0.1, 0.15) is 0 Å². The van der Waals surface area contributed by atoms with Gasteiger partial charge in [0.05, 0.1) is 12.6 Å². The molecule has 1 atom stereocenters. The van der Waals surface area contributed by atoms with Crippen LogP contribution in [0.2, 0.25) is 0 Å². The first-order valence-corrected chi connectivity index (χ1v) is 4.82. The first-order valence-electron chi connectivity index (χ1n) is 4.82. The van der Waals surface area contributed by atoms with E-state index in [9.17, 15) is 4.79 Å². The van der Waals surface area contributed by atoms with Gasteiger partial charge in [-0.25, -0.2) is 0 Å². The van der Waals surface area contributed by atoms with E-state index < -0.39 is 6.04 Å². The maximum Gasteiger partial charge on any atom is 0.240 e. The highest BCUT2D eigenvalue weighted by molar-refractivity contribution is 5.82. The van der Waals surface area contributed by atoms with Gasteiger partial charge in [-0.05, 0) is 20.3 Å². The van der Waals surface area contributed by atoms with Crippen LogP contribution in [0.25, 0.3) is 0 Å². The highest BCUT2D eigenvalue weighted by Gasteiger charge is 2.21. The molecule has 0 aromatic heterocycles. The molecule has 0 aromatic carbocycles. The molecule has 0 fully saturated rings. The van der Waals surface area contributed by atoms with Gasteiger partial charge in [0.2, 0.25) is 5.91 Å². The second-order valence-electron chi connectivity index (χ2n) is 3.48. The molecule has 0 radical (unpaired) electrons. The zero-order valence-electron chi connectivity index (χ0n) is 8.94. The number of carbonyl (C=O) groups excluding carboxylic acids is 1. The number of amides is 1. The van der Waals surface area contributed by atoms with E-state index >= 15 is 0 Å². The minimum Gasteiger partial charge on any atom is -0.395 e. The van der Waals surface area contributed by atoms with Crippen molar-refractivity contribution in [3.8, 4) is 0 Å². The number of aliphatic hydroxyl groups is 1. The van der Waals surface area contributed by atoms with Crippen molar-refractivity contribution in [1.29, 1.82) is 0 Å². The van der Waals surface area contributed by atoms with Crippen LogP contribution in [0.4, 0.5) is 0 Å².